The first-order valence-electron chi connectivity index (χ1n) is 7.78. The fraction of sp³-hybridized carbons (Fsp3) is 0.158. The maximum atomic E-state index is 13.7. The van der Waals surface area contributed by atoms with E-state index in [0.717, 1.165) is 5.69 Å². The molecule has 0 spiro atoms. The zero-order valence-electron chi connectivity index (χ0n) is 13.9. The van der Waals surface area contributed by atoms with Gasteiger partial charge >= 0.3 is 0 Å². The lowest BCUT2D eigenvalue weighted by Gasteiger charge is -2.28. The maximum Gasteiger partial charge on any atom is 0.274 e. The second-order valence-corrected chi connectivity index (χ2v) is 5.67. The summed E-state index contributed by atoms with van der Waals surface area (Å²) in [6, 6.07) is 11.1. The van der Waals surface area contributed by atoms with Crippen LogP contribution >= 0.6 is 0 Å². The molecule has 0 saturated heterocycles. The number of carbonyl (C=O) groups excluding carboxylic acids is 1. The largest absolute Gasteiger partial charge is 0.328 e. The third-order valence-corrected chi connectivity index (χ3v) is 3.84. The van der Waals surface area contributed by atoms with Crippen molar-refractivity contribution in [1.29, 1.82) is 0 Å². The van der Waals surface area contributed by atoms with E-state index in [1.54, 1.807) is 50.6 Å². The summed E-state index contributed by atoms with van der Waals surface area (Å²) in [7, 11) is 1.65. The average Bonchev–Trinajstić information content (AvgIpc) is 2.63. The van der Waals surface area contributed by atoms with Crippen LogP contribution in [0.4, 0.5) is 4.39 Å². The van der Waals surface area contributed by atoms with Crippen molar-refractivity contribution < 1.29 is 9.18 Å². The van der Waals surface area contributed by atoms with Gasteiger partial charge in [-0.2, -0.15) is 0 Å². The Morgan fingerprint density at radius 3 is 2.56 bits per heavy atom. The van der Waals surface area contributed by atoms with E-state index in [2.05, 4.69) is 15.0 Å². The van der Waals surface area contributed by atoms with Crippen LogP contribution in [0.15, 0.2) is 61.1 Å². The topological polar surface area (TPSA) is 59.0 Å². The van der Waals surface area contributed by atoms with E-state index in [4.69, 9.17) is 0 Å². The van der Waals surface area contributed by atoms with Gasteiger partial charge in [-0.1, -0.05) is 18.2 Å². The molecule has 2 aromatic heterocycles. The monoisotopic (exact) mass is 336 g/mol. The molecule has 0 aliphatic carbocycles. The molecular weight excluding hydrogens is 319 g/mol. The Morgan fingerprint density at radius 2 is 1.92 bits per heavy atom. The number of rotatable bonds is 4. The Labute approximate surface area is 145 Å². The third kappa shape index (κ3) is 3.68. The number of pyridine rings is 1. The number of hydrogen-bond acceptors (Lipinski definition) is 4. The Kier molecular flexibility index (Phi) is 4.79. The van der Waals surface area contributed by atoms with Crippen molar-refractivity contribution in [3.63, 3.8) is 0 Å². The summed E-state index contributed by atoms with van der Waals surface area (Å²) in [6.07, 6.45) is 4.62. The van der Waals surface area contributed by atoms with E-state index in [9.17, 15) is 9.18 Å². The summed E-state index contributed by atoms with van der Waals surface area (Å²) in [5.41, 5.74) is 2.23. The summed E-state index contributed by atoms with van der Waals surface area (Å²) in [6.45, 7) is 1.80. The first-order valence-corrected chi connectivity index (χ1v) is 7.78. The predicted molar refractivity (Wildman–Crippen MR) is 91.3 cm³/mol. The normalized spacial score (nSPS) is 11.8. The number of aromatic nitrogens is 3. The van der Waals surface area contributed by atoms with Crippen molar-refractivity contribution in [1.82, 2.24) is 19.9 Å². The molecule has 1 amide bonds. The minimum atomic E-state index is -0.535. The third-order valence-electron chi connectivity index (χ3n) is 3.84. The van der Waals surface area contributed by atoms with E-state index in [0.29, 0.717) is 11.3 Å². The molecule has 1 atom stereocenters. The summed E-state index contributed by atoms with van der Waals surface area (Å²) in [4.78, 5) is 26.9. The lowest BCUT2D eigenvalue weighted by atomic mass is 10.0. The molecule has 0 saturated carbocycles. The summed E-state index contributed by atoms with van der Waals surface area (Å²) >= 11 is 0. The molecule has 0 aliphatic rings. The zero-order valence-corrected chi connectivity index (χ0v) is 13.9. The first-order chi connectivity index (χ1) is 12.1. The number of carbonyl (C=O) groups is 1. The van der Waals surface area contributed by atoms with Crippen molar-refractivity contribution in [2.45, 2.75) is 13.0 Å². The highest BCUT2D eigenvalue weighted by molar-refractivity contribution is 5.92. The molecule has 0 N–H and O–H groups in total. The predicted octanol–water partition coefficient (Wildman–Crippen LogP) is 3.18. The van der Waals surface area contributed by atoms with Crippen LogP contribution in [0.2, 0.25) is 0 Å². The smallest absolute Gasteiger partial charge is 0.274 e. The minimum absolute atomic E-state index is 0.227. The Morgan fingerprint density at radius 1 is 1.08 bits per heavy atom. The number of nitrogens with zero attached hydrogens (tertiary/aromatic N) is 4. The molecule has 6 heteroatoms. The molecule has 1 aromatic carbocycles. The molecule has 3 aromatic rings. The molecule has 25 heavy (non-hydrogen) atoms. The number of amides is 1. The highest BCUT2D eigenvalue weighted by Crippen LogP contribution is 2.27. The van der Waals surface area contributed by atoms with Crippen LogP contribution in [0.5, 0.6) is 0 Å². The fourth-order valence-corrected chi connectivity index (χ4v) is 2.61. The van der Waals surface area contributed by atoms with Gasteiger partial charge in [0.25, 0.3) is 5.91 Å². The highest BCUT2D eigenvalue weighted by Gasteiger charge is 2.26. The second-order valence-electron chi connectivity index (χ2n) is 5.67. The summed E-state index contributed by atoms with van der Waals surface area (Å²) in [5, 5.41) is 0. The molecule has 2 heterocycles. The van der Waals surface area contributed by atoms with Crippen LogP contribution in [0.3, 0.4) is 0 Å². The van der Waals surface area contributed by atoms with E-state index in [1.165, 1.54) is 23.2 Å². The van der Waals surface area contributed by atoms with Gasteiger partial charge in [-0.3, -0.25) is 14.8 Å². The Hall–Kier alpha value is -3.15. The van der Waals surface area contributed by atoms with Crippen LogP contribution in [0.25, 0.3) is 0 Å². The summed E-state index contributed by atoms with van der Waals surface area (Å²) in [5.74, 6) is -0.679. The van der Waals surface area contributed by atoms with Gasteiger partial charge in [0, 0.05) is 19.4 Å². The van der Waals surface area contributed by atoms with Gasteiger partial charge in [0.05, 0.1) is 23.6 Å². The molecular formula is C19H17FN4O. The van der Waals surface area contributed by atoms with Crippen molar-refractivity contribution in [3.05, 3.63) is 89.5 Å². The molecule has 126 valence electrons. The van der Waals surface area contributed by atoms with Crippen molar-refractivity contribution in [3.8, 4) is 0 Å². The molecule has 0 radical (unpaired) electrons. The molecule has 5 nitrogen and oxygen atoms in total. The fourth-order valence-electron chi connectivity index (χ4n) is 2.61. The van der Waals surface area contributed by atoms with Gasteiger partial charge in [0.15, 0.2) is 0 Å². The van der Waals surface area contributed by atoms with E-state index < -0.39 is 6.04 Å². The lowest BCUT2D eigenvalue weighted by molar-refractivity contribution is 0.0746. The average molecular weight is 336 g/mol. The molecule has 0 bridgehead atoms. The quantitative estimate of drug-likeness (QED) is 0.734. The number of aryl methyl sites for hydroxylation is 1. The standard InChI is InChI=1S/C19H17FN4O/c1-13-11-23-17(12-22-13)19(25)24(2)18(16-8-3-4-9-21-16)14-6-5-7-15(20)10-14/h3-12,18H,1-2H3/t18-/m0/s1. The van der Waals surface area contributed by atoms with Gasteiger partial charge in [0.2, 0.25) is 0 Å². The molecule has 0 aliphatic heterocycles. The van der Waals surface area contributed by atoms with E-state index >= 15 is 0 Å². The van der Waals surface area contributed by atoms with Crippen molar-refractivity contribution in [2.24, 2.45) is 0 Å². The van der Waals surface area contributed by atoms with Crippen molar-refractivity contribution >= 4 is 5.91 Å². The summed E-state index contributed by atoms with van der Waals surface area (Å²) < 4.78 is 13.7. The Bertz CT molecular complexity index is 868. The van der Waals surface area contributed by atoms with Gasteiger partial charge in [-0.25, -0.2) is 9.37 Å². The van der Waals surface area contributed by atoms with Crippen LogP contribution in [0, 0.1) is 12.7 Å². The van der Waals surface area contributed by atoms with E-state index in [1.807, 2.05) is 6.07 Å². The van der Waals surface area contributed by atoms with Gasteiger partial charge in [-0.05, 0) is 36.8 Å². The molecule has 0 unspecified atom stereocenters. The number of hydrogen-bond donors (Lipinski definition) is 0. The van der Waals surface area contributed by atoms with Crippen molar-refractivity contribution in [2.75, 3.05) is 7.05 Å². The second kappa shape index (κ2) is 7.17. The first kappa shape index (κ1) is 16.7. The zero-order chi connectivity index (χ0) is 17.8. The Balaban J connectivity index is 2.02. The maximum absolute atomic E-state index is 13.7. The van der Waals surface area contributed by atoms with Gasteiger partial charge in [0.1, 0.15) is 11.5 Å². The number of halogens is 1. The van der Waals surface area contributed by atoms with Crippen LogP contribution in [-0.4, -0.2) is 32.8 Å². The number of benzene rings is 1. The van der Waals surface area contributed by atoms with Crippen LogP contribution < -0.4 is 0 Å². The van der Waals surface area contributed by atoms with Gasteiger partial charge < -0.3 is 4.90 Å². The lowest BCUT2D eigenvalue weighted by Crippen LogP contribution is -2.33. The highest BCUT2D eigenvalue weighted by atomic mass is 19.1. The van der Waals surface area contributed by atoms with Crippen LogP contribution in [-0.2, 0) is 0 Å². The van der Waals surface area contributed by atoms with E-state index in [-0.39, 0.29) is 17.4 Å². The minimum Gasteiger partial charge on any atom is -0.328 e. The SMILES string of the molecule is Cc1cnc(C(=O)N(C)[C@@H](c2cccc(F)c2)c2ccccn2)cn1. The van der Waals surface area contributed by atoms with Crippen LogP contribution in [0.1, 0.15) is 33.5 Å². The molecule has 3 rings (SSSR count). The molecule has 0 fully saturated rings. The van der Waals surface area contributed by atoms with Gasteiger partial charge in [-0.15, -0.1) is 0 Å².